The minimum absolute atomic E-state index is 0.0925. The van der Waals surface area contributed by atoms with E-state index in [1.165, 1.54) is 18.4 Å². The average Bonchev–Trinajstić information content (AvgIpc) is 2.84. The van der Waals surface area contributed by atoms with Gasteiger partial charge < -0.3 is 20.3 Å². The van der Waals surface area contributed by atoms with Crippen LogP contribution in [-0.4, -0.2) is 48.6 Å². The van der Waals surface area contributed by atoms with E-state index < -0.39 is 5.97 Å². The number of carbonyl (C=O) groups excluding carboxylic acids is 2. The van der Waals surface area contributed by atoms with Crippen molar-refractivity contribution in [2.24, 2.45) is 0 Å². The van der Waals surface area contributed by atoms with Gasteiger partial charge in [-0.1, -0.05) is 0 Å². The number of methoxy groups -OCH3 is 1. The topological polar surface area (TPSA) is 70.7 Å². The highest BCUT2D eigenvalue weighted by Crippen LogP contribution is 2.34. The molecule has 0 spiro atoms. The second kappa shape index (κ2) is 8.83. The number of thiocarbonyl (C=S) groups is 1. The molecule has 1 heterocycles. The van der Waals surface area contributed by atoms with Crippen molar-refractivity contribution in [3.8, 4) is 0 Å². The lowest BCUT2D eigenvalue weighted by atomic mass is 10.1. The van der Waals surface area contributed by atoms with Crippen molar-refractivity contribution < 1.29 is 14.3 Å². The van der Waals surface area contributed by atoms with Gasteiger partial charge in [-0.15, -0.1) is 11.3 Å². The van der Waals surface area contributed by atoms with Crippen LogP contribution in [0, 0.1) is 6.92 Å². The van der Waals surface area contributed by atoms with E-state index in [0.29, 0.717) is 45.8 Å². The minimum atomic E-state index is -0.487. The number of carbonyl (C=O) groups is 2. The van der Waals surface area contributed by atoms with Crippen LogP contribution in [0.1, 0.15) is 46.4 Å². The van der Waals surface area contributed by atoms with E-state index in [9.17, 15) is 9.59 Å². The van der Waals surface area contributed by atoms with E-state index in [4.69, 9.17) is 17.0 Å². The normalized spacial score (nSPS) is 10.1. The Hall–Kier alpha value is -1.67. The first-order chi connectivity index (χ1) is 10.9. The first kappa shape index (κ1) is 19.4. The van der Waals surface area contributed by atoms with Gasteiger partial charge in [0, 0.05) is 19.6 Å². The van der Waals surface area contributed by atoms with Gasteiger partial charge >= 0.3 is 5.97 Å². The summed E-state index contributed by atoms with van der Waals surface area (Å²) in [6.07, 6.45) is 0. The lowest BCUT2D eigenvalue weighted by Crippen LogP contribution is -2.30. The summed E-state index contributed by atoms with van der Waals surface area (Å²) < 4.78 is 4.84. The van der Waals surface area contributed by atoms with Crippen LogP contribution in [0.2, 0.25) is 0 Å². The van der Waals surface area contributed by atoms with E-state index >= 15 is 0 Å². The number of amides is 1. The summed E-state index contributed by atoms with van der Waals surface area (Å²) in [6.45, 7) is 9.40. The molecule has 0 aliphatic carbocycles. The summed E-state index contributed by atoms with van der Waals surface area (Å²) in [5, 5.41) is 6.87. The third-order valence-corrected chi connectivity index (χ3v) is 4.79. The van der Waals surface area contributed by atoms with Crippen LogP contribution in [-0.2, 0) is 4.74 Å². The molecule has 1 aromatic heterocycles. The lowest BCUT2D eigenvalue weighted by molar-refractivity contribution is 0.0601. The smallest absolute Gasteiger partial charge is 0.341 e. The van der Waals surface area contributed by atoms with E-state index in [0.717, 1.165) is 0 Å². The third-order valence-electron chi connectivity index (χ3n) is 3.35. The zero-order valence-corrected chi connectivity index (χ0v) is 15.7. The van der Waals surface area contributed by atoms with Crippen molar-refractivity contribution in [3.63, 3.8) is 0 Å². The molecule has 1 rings (SSSR count). The molecule has 0 aromatic carbocycles. The quantitative estimate of drug-likeness (QED) is 0.602. The van der Waals surface area contributed by atoms with E-state index in [-0.39, 0.29) is 5.91 Å². The fraction of sp³-hybridized carbons (Fsp3) is 0.533. The molecule has 1 amide bonds. The molecule has 0 aliphatic rings. The maximum Gasteiger partial charge on any atom is 0.341 e. The highest BCUT2D eigenvalue weighted by atomic mass is 32.1. The molecule has 0 atom stereocenters. The standard InChI is InChI=1S/C15H23N3O3S2/c1-6-16-15(22)17-12-10(14(20)21-5)9(4)11(23-12)13(19)18(7-2)8-3/h6-8H2,1-5H3,(H2,16,17,22). The van der Waals surface area contributed by atoms with Gasteiger partial charge in [-0.3, -0.25) is 4.79 Å². The van der Waals surface area contributed by atoms with Crippen LogP contribution in [0.25, 0.3) is 0 Å². The molecule has 0 saturated heterocycles. The number of nitrogens with one attached hydrogen (secondary N) is 2. The Morgan fingerprint density at radius 3 is 2.35 bits per heavy atom. The Morgan fingerprint density at radius 1 is 1.26 bits per heavy atom. The van der Waals surface area contributed by atoms with Crippen molar-refractivity contribution in [3.05, 3.63) is 16.0 Å². The SMILES string of the molecule is CCNC(=S)Nc1sc(C(=O)N(CC)CC)c(C)c1C(=O)OC. The molecular formula is C15H23N3O3S2. The number of thiophene rings is 1. The molecule has 0 fully saturated rings. The van der Waals surface area contributed by atoms with E-state index in [2.05, 4.69) is 10.6 Å². The number of anilines is 1. The van der Waals surface area contributed by atoms with Crippen molar-refractivity contribution in [2.75, 3.05) is 32.1 Å². The van der Waals surface area contributed by atoms with E-state index in [1.807, 2.05) is 20.8 Å². The van der Waals surface area contributed by atoms with E-state index in [1.54, 1.807) is 11.8 Å². The lowest BCUT2D eigenvalue weighted by Gasteiger charge is -2.17. The zero-order chi connectivity index (χ0) is 17.6. The first-order valence-electron chi connectivity index (χ1n) is 7.46. The van der Waals surface area contributed by atoms with Crippen LogP contribution in [0.15, 0.2) is 0 Å². The molecule has 0 aliphatic heterocycles. The highest BCUT2D eigenvalue weighted by Gasteiger charge is 2.27. The van der Waals surface area contributed by atoms with Crippen LogP contribution >= 0.6 is 23.6 Å². The van der Waals surface area contributed by atoms with Gasteiger partial charge in [-0.25, -0.2) is 4.79 Å². The summed E-state index contributed by atoms with van der Waals surface area (Å²) >= 11 is 6.39. The highest BCUT2D eigenvalue weighted by molar-refractivity contribution is 7.80. The predicted molar refractivity (Wildman–Crippen MR) is 97.5 cm³/mol. The maximum absolute atomic E-state index is 12.6. The Bertz CT molecular complexity index is 595. The van der Waals surface area contributed by atoms with Gasteiger partial charge in [0.2, 0.25) is 0 Å². The molecule has 2 N–H and O–H groups in total. The van der Waals surface area contributed by atoms with Crippen molar-refractivity contribution in [1.29, 1.82) is 0 Å². The number of nitrogens with zero attached hydrogens (tertiary/aromatic N) is 1. The van der Waals surface area contributed by atoms with Crippen LogP contribution in [0.3, 0.4) is 0 Å². The summed E-state index contributed by atoms with van der Waals surface area (Å²) in [4.78, 5) is 27.0. The number of hydrogen-bond donors (Lipinski definition) is 2. The number of esters is 1. The van der Waals surface area contributed by atoms with Crippen LogP contribution in [0.4, 0.5) is 5.00 Å². The number of hydrogen-bond acceptors (Lipinski definition) is 5. The van der Waals surface area contributed by atoms with Gasteiger partial charge in [0.15, 0.2) is 5.11 Å². The van der Waals surface area contributed by atoms with Gasteiger partial charge in [0.05, 0.1) is 17.6 Å². The first-order valence-corrected chi connectivity index (χ1v) is 8.69. The Morgan fingerprint density at radius 2 is 1.87 bits per heavy atom. The fourth-order valence-corrected chi connectivity index (χ4v) is 3.59. The maximum atomic E-state index is 12.6. The van der Waals surface area contributed by atoms with Crippen LogP contribution < -0.4 is 10.6 Å². The molecule has 23 heavy (non-hydrogen) atoms. The summed E-state index contributed by atoms with van der Waals surface area (Å²) in [7, 11) is 1.32. The third kappa shape index (κ3) is 4.42. The largest absolute Gasteiger partial charge is 0.465 e. The van der Waals surface area contributed by atoms with Gasteiger partial charge in [-0.2, -0.15) is 0 Å². The molecular weight excluding hydrogens is 334 g/mol. The predicted octanol–water partition coefficient (Wildman–Crippen LogP) is 2.63. The Balaban J connectivity index is 3.29. The number of rotatable bonds is 6. The molecule has 0 saturated carbocycles. The monoisotopic (exact) mass is 357 g/mol. The molecule has 6 nitrogen and oxygen atoms in total. The Labute approximate surface area is 146 Å². The van der Waals surface area contributed by atoms with Gasteiger partial charge in [0.1, 0.15) is 5.00 Å². The second-order valence-electron chi connectivity index (χ2n) is 4.71. The van der Waals surface area contributed by atoms with Gasteiger partial charge in [-0.05, 0) is 45.5 Å². The van der Waals surface area contributed by atoms with Gasteiger partial charge in [0.25, 0.3) is 5.91 Å². The molecule has 0 bridgehead atoms. The fourth-order valence-electron chi connectivity index (χ4n) is 2.12. The summed E-state index contributed by atoms with van der Waals surface area (Å²) in [5.41, 5.74) is 0.966. The average molecular weight is 358 g/mol. The van der Waals surface area contributed by atoms with Crippen molar-refractivity contribution in [1.82, 2.24) is 10.2 Å². The number of ether oxygens (including phenoxy) is 1. The summed E-state index contributed by atoms with van der Waals surface area (Å²) in [5.74, 6) is -0.579. The Kier molecular flexibility index (Phi) is 7.44. The molecule has 128 valence electrons. The van der Waals surface area contributed by atoms with Crippen molar-refractivity contribution in [2.45, 2.75) is 27.7 Å². The minimum Gasteiger partial charge on any atom is -0.465 e. The second-order valence-corrected chi connectivity index (χ2v) is 6.14. The molecule has 8 heteroatoms. The molecule has 1 aromatic rings. The van der Waals surface area contributed by atoms with Crippen molar-refractivity contribution >= 4 is 45.5 Å². The zero-order valence-electron chi connectivity index (χ0n) is 14.1. The van der Waals surface area contributed by atoms with Crippen LogP contribution in [0.5, 0.6) is 0 Å². The molecule has 0 unspecified atom stereocenters. The summed E-state index contributed by atoms with van der Waals surface area (Å²) in [6, 6.07) is 0. The molecule has 0 radical (unpaired) electrons.